The zero-order chi connectivity index (χ0) is 15.7. The molecule has 0 saturated carbocycles. The molecule has 116 valence electrons. The molecule has 0 radical (unpaired) electrons. The Bertz CT molecular complexity index is 712. The van der Waals surface area contributed by atoms with Crippen LogP contribution in [0.4, 0.5) is 11.4 Å². The number of rotatable bonds is 4. The predicted molar refractivity (Wildman–Crippen MR) is 89.9 cm³/mol. The van der Waals surface area contributed by atoms with Crippen LogP contribution in [0.2, 0.25) is 0 Å². The van der Waals surface area contributed by atoms with Crippen molar-refractivity contribution in [3.05, 3.63) is 48.0 Å². The molecule has 3 rings (SSSR count). The molecule has 3 nitrogen and oxygen atoms in total. The Kier molecular flexibility index (Phi) is 4.32. The number of hydrogen-bond donors (Lipinski definition) is 1. The first-order valence-corrected chi connectivity index (χ1v) is 8.79. The summed E-state index contributed by atoms with van der Waals surface area (Å²) in [6, 6.07) is 13.6. The highest BCUT2D eigenvalue weighted by Gasteiger charge is 2.27. The van der Waals surface area contributed by atoms with Crippen LogP contribution in [-0.2, 0) is 17.4 Å². The van der Waals surface area contributed by atoms with Crippen LogP contribution in [0.1, 0.15) is 25.8 Å². The fraction of sp³-hybridized carbons (Fsp3) is 0.333. The Morgan fingerprint density at radius 2 is 1.82 bits per heavy atom. The Hall–Kier alpha value is -1.65. The van der Waals surface area contributed by atoms with Gasteiger partial charge in [0.2, 0.25) is 0 Å². The fourth-order valence-electron chi connectivity index (χ4n) is 2.74. The molecular weight excluding hydrogens is 294 g/mol. The summed E-state index contributed by atoms with van der Waals surface area (Å²) >= 11 is 0. The number of para-hydroxylation sites is 1. The van der Waals surface area contributed by atoms with Gasteiger partial charge >= 0.3 is 0 Å². The summed E-state index contributed by atoms with van der Waals surface area (Å²) in [5, 5.41) is 9.35. The third-order valence-corrected chi connectivity index (χ3v) is 5.45. The zero-order valence-electron chi connectivity index (χ0n) is 13.0. The van der Waals surface area contributed by atoms with Gasteiger partial charge in [-0.25, -0.2) is 4.21 Å². The van der Waals surface area contributed by atoms with Gasteiger partial charge in [0.15, 0.2) is 0 Å². The van der Waals surface area contributed by atoms with E-state index in [0.717, 1.165) is 39.7 Å². The van der Waals surface area contributed by atoms with Crippen LogP contribution in [0.3, 0.4) is 0 Å². The second-order valence-electron chi connectivity index (χ2n) is 6.03. The second kappa shape index (κ2) is 6.23. The van der Waals surface area contributed by atoms with Crippen molar-refractivity contribution in [3.63, 3.8) is 0 Å². The Balaban J connectivity index is 2.11. The van der Waals surface area contributed by atoms with Gasteiger partial charge in [0.1, 0.15) is 0 Å². The van der Waals surface area contributed by atoms with Gasteiger partial charge in [0, 0.05) is 6.54 Å². The van der Waals surface area contributed by atoms with E-state index in [0.29, 0.717) is 5.92 Å². The van der Waals surface area contributed by atoms with E-state index in [1.54, 1.807) is 0 Å². The van der Waals surface area contributed by atoms with E-state index >= 15 is 0 Å². The molecule has 2 aromatic carbocycles. The van der Waals surface area contributed by atoms with Crippen molar-refractivity contribution in [1.82, 2.24) is 0 Å². The molecular formula is C18H21NO2S. The lowest BCUT2D eigenvalue weighted by Gasteiger charge is -2.33. The largest absolute Gasteiger partial charge is 0.392 e. The third-order valence-electron chi connectivity index (χ3n) is 3.98. The van der Waals surface area contributed by atoms with Crippen molar-refractivity contribution >= 4 is 22.2 Å². The standard InChI is InChI=1S/C18H21NO2S/c1-13(2)9-10-19-15-5-3-4-6-17(15)22(21)18-11-14(12-20)7-8-16(18)19/h3-8,11,13,20H,9-10,12H2,1-2H3. The number of aliphatic hydroxyl groups excluding tert-OH is 1. The normalized spacial score (nSPS) is 16.5. The van der Waals surface area contributed by atoms with Crippen molar-refractivity contribution in [2.45, 2.75) is 36.7 Å². The maximum atomic E-state index is 12.9. The average molecular weight is 315 g/mol. The van der Waals surface area contributed by atoms with Crippen LogP contribution in [-0.4, -0.2) is 15.9 Å². The number of hydrogen-bond acceptors (Lipinski definition) is 3. The molecule has 0 fully saturated rings. The predicted octanol–water partition coefficient (Wildman–Crippen LogP) is 3.84. The highest BCUT2D eigenvalue weighted by Crippen LogP contribution is 2.42. The molecule has 1 atom stereocenters. The molecule has 0 bridgehead atoms. The van der Waals surface area contributed by atoms with Crippen LogP contribution in [0, 0.1) is 5.92 Å². The molecule has 0 aromatic heterocycles. The molecule has 4 heteroatoms. The Labute approximate surface area is 134 Å². The SMILES string of the molecule is CC(C)CCN1c2ccccc2S(=O)c2cc(CO)ccc21. The monoisotopic (exact) mass is 315 g/mol. The van der Waals surface area contributed by atoms with E-state index in [-0.39, 0.29) is 6.61 Å². The lowest BCUT2D eigenvalue weighted by atomic mass is 10.1. The lowest BCUT2D eigenvalue weighted by Crippen LogP contribution is -2.26. The van der Waals surface area contributed by atoms with Crippen molar-refractivity contribution < 1.29 is 9.32 Å². The summed E-state index contributed by atoms with van der Waals surface area (Å²) in [6.45, 7) is 5.29. The quantitative estimate of drug-likeness (QED) is 0.932. The van der Waals surface area contributed by atoms with E-state index in [9.17, 15) is 9.32 Å². The number of anilines is 2. The van der Waals surface area contributed by atoms with Crippen LogP contribution >= 0.6 is 0 Å². The van der Waals surface area contributed by atoms with Gasteiger partial charge in [-0.1, -0.05) is 32.0 Å². The molecule has 0 spiro atoms. The van der Waals surface area contributed by atoms with Gasteiger partial charge in [-0.15, -0.1) is 0 Å². The van der Waals surface area contributed by atoms with Gasteiger partial charge < -0.3 is 10.0 Å². The minimum absolute atomic E-state index is 0.0296. The van der Waals surface area contributed by atoms with Gasteiger partial charge in [-0.2, -0.15) is 0 Å². The maximum Gasteiger partial charge on any atom is 0.0892 e. The summed E-state index contributed by atoms with van der Waals surface area (Å²) < 4.78 is 12.9. The maximum absolute atomic E-state index is 12.9. The zero-order valence-corrected chi connectivity index (χ0v) is 13.8. The minimum atomic E-state index is -1.19. The minimum Gasteiger partial charge on any atom is -0.392 e. The van der Waals surface area contributed by atoms with Gasteiger partial charge in [0.25, 0.3) is 0 Å². The van der Waals surface area contributed by atoms with E-state index < -0.39 is 10.8 Å². The van der Waals surface area contributed by atoms with Crippen LogP contribution in [0.15, 0.2) is 52.3 Å². The van der Waals surface area contributed by atoms with E-state index in [1.807, 2.05) is 42.5 Å². The summed E-state index contributed by atoms with van der Waals surface area (Å²) in [6.07, 6.45) is 1.07. The topological polar surface area (TPSA) is 40.5 Å². The lowest BCUT2D eigenvalue weighted by molar-refractivity contribution is 0.281. The molecule has 1 N–H and O–H groups in total. The highest BCUT2D eigenvalue weighted by molar-refractivity contribution is 7.85. The number of benzene rings is 2. The molecule has 1 unspecified atom stereocenters. The van der Waals surface area contributed by atoms with Gasteiger partial charge in [-0.3, -0.25) is 0 Å². The van der Waals surface area contributed by atoms with Gasteiger partial charge in [0.05, 0.1) is 38.6 Å². The number of fused-ring (bicyclic) bond motifs is 2. The van der Waals surface area contributed by atoms with Crippen LogP contribution < -0.4 is 4.90 Å². The average Bonchev–Trinajstić information content (AvgIpc) is 2.54. The first kappa shape index (κ1) is 15.3. The number of nitrogens with zero attached hydrogens (tertiary/aromatic N) is 1. The van der Waals surface area contributed by atoms with E-state index in [4.69, 9.17) is 0 Å². The number of aliphatic hydroxyl groups is 1. The first-order valence-electron chi connectivity index (χ1n) is 7.64. The van der Waals surface area contributed by atoms with E-state index in [1.165, 1.54) is 0 Å². The summed E-state index contributed by atoms with van der Waals surface area (Å²) in [5.41, 5.74) is 2.83. The Morgan fingerprint density at radius 1 is 1.09 bits per heavy atom. The molecule has 2 aromatic rings. The molecule has 0 amide bonds. The van der Waals surface area contributed by atoms with Crippen LogP contribution in [0.25, 0.3) is 0 Å². The summed E-state index contributed by atoms with van der Waals surface area (Å²) in [5.74, 6) is 0.611. The van der Waals surface area contributed by atoms with Crippen molar-refractivity contribution in [2.75, 3.05) is 11.4 Å². The second-order valence-corrected chi connectivity index (χ2v) is 7.45. The molecule has 22 heavy (non-hydrogen) atoms. The molecule has 1 heterocycles. The van der Waals surface area contributed by atoms with Crippen LogP contribution in [0.5, 0.6) is 0 Å². The fourth-order valence-corrected chi connectivity index (χ4v) is 4.18. The summed E-state index contributed by atoms with van der Waals surface area (Å²) in [7, 11) is -1.19. The van der Waals surface area contributed by atoms with Gasteiger partial charge in [-0.05, 0) is 42.2 Å². The highest BCUT2D eigenvalue weighted by atomic mass is 32.2. The van der Waals surface area contributed by atoms with Crippen molar-refractivity contribution in [3.8, 4) is 0 Å². The molecule has 1 aliphatic rings. The van der Waals surface area contributed by atoms with Crippen molar-refractivity contribution in [1.29, 1.82) is 0 Å². The third kappa shape index (κ3) is 2.69. The summed E-state index contributed by atoms with van der Waals surface area (Å²) in [4.78, 5) is 3.91. The molecule has 0 saturated heterocycles. The molecule has 1 aliphatic heterocycles. The smallest absolute Gasteiger partial charge is 0.0892 e. The Morgan fingerprint density at radius 3 is 2.55 bits per heavy atom. The first-order chi connectivity index (χ1) is 10.6. The van der Waals surface area contributed by atoms with Crippen molar-refractivity contribution in [2.24, 2.45) is 5.92 Å². The molecule has 0 aliphatic carbocycles. The van der Waals surface area contributed by atoms with E-state index in [2.05, 4.69) is 18.7 Å².